The number of urea groups is 1. The zero-order valence-corrected chi connectivity index (χ0v) is 12.7. The maximum Gasteiger partial charge on any atom is 0.337 e. The smallest absolute Gasteiger partial charge is 0.337 e. The molecule has 0 fully saturated rings. The molecule has 6 heteroatoms. The molecule has 0 heterocycles. The molecule has 21 heavy (non-hydrogen) atoms. The highest BCUT2D eigenvalue weighted by atomic mass is 16.5. The van der Waals surface area contributed by atoms with E-state index in [9.17, 15) is 14.7 Å². The summed E-state index contributed by atoms with van der Waals surface area (Å²) in [4.78, 5) is 25.2. The number of hydrogen-bond donors (Lipinski definition) is 2. The lowest BCUT2D eigenvalue weighted by Gasteiger charge is -2.22. The number of amides is 2. The molecule has 0 saturated carbocycles. The predicted molar refractivity (Wildman–Crippen MR) is 81.1 cm³/mol. The Labute approximate surface area is 124 Å². The molecule has 0 aromatic heterocycles. The van der Waals surface area contributed by atoms with Crippen LogP contribution in [0.15, 0.2) is 18.2 Å². The van der Waals surface area contributed by atoms with Crippen molar-refractivity contribution in [2.24, 2.45) is 0 Å². The Morgan fingerprint density at radius 3 is 2.33 bits per heavy atom. The van der Waals surface area contributed by atoms with Gasteiger partial charge in [-0.2, -0.15) is 0 Å². The first-order valence-corrected chi connectivity index (χ1v) is 7.00. The van der Waals surface area contributed by atoms with Crippen molar-refractivity contribution >= 4 is 17.7 Å². The van der Waals surface area contributed by atoms with Gasteiger partial charge in [0.15, 0.2) is 0 Å². The second kappa shape index (κ2) is 8.14. The minimum atomic E-state index is -1.11. The van der Waals surface area contributed by atoms with Gasteiger partial charge in [-0.1, -0.05) is 13.8 Å². The van der Waals surface area contributed by atoms with Crippen molar-refractivity contribution in [3.63, 3.8) is 0 Å². The Balaban J connectivity index is 2.95. The fourth-order valence-corrected chi connectivity index (χ4v) is 1.99. The molecule has 0 bridgehead atoms. The van der Waals surface area contributed by atoms with E-state index in [0.717, 1.165) is 12.8 Å². The largest absolute Gasteiger partial charge is 0.497 e. The molecule has 1 aromatic rings. The Morgan fingerprint density at radius 1 is 1.24 bits per heavy atom. The number of carbonyl (C=O) groups excluding carboxylic acids is 1. The zero-order chi connectivity index (χ0) is 15.8. The van der Waals surface area contributed by atoms with Crippen molar-refractivity contribution < 1.29 is 19.4 Å². The first-order valence-electron chi connectivity index (χ1n) is 7.00. The van der Waals surface area contributed by atoms with Gasteiger partial charge in [0.1, 0.15) is 5.75 Å². The van der Waals surface area contributed by atoms with E-state index in [-0.39, 0.29) is 17.3 Å². The number of ether oxygens (including phenoxy) is 1. The van der Waals surface area contributed by atoms with Crippen molar-refractivity contribution in [1.82, 2.24) is 4.90 Å². The number of carboxylic acid groups (broad SMARTS) is 1. The third-order valence-electron chi connectivity index (χ3n) is 2.97. The summed E-state index contributed by atoms with van der Waals surface area (Å²) < 4.78 is 5.00. The van der Waals surface area contributed by atoms with Gasteiger partial charge in [0.05, 0.1) is 18.4 Å². The van der Waals surface area contributed by atoms with Gasteiger partial charge in [-0.05, 0) is 31.0 Å². The number of rotatable bonds is 7. The standard InChI is InChI=1S/C15H22N2O4/c1-4-8-17(9-5-2)15(20)16-13-7-6-11(21-3)10-12(13)14(18)19/h6-7,10H,4-5,8-9H2,1-3H3,(H,16,20)(H,18,19). The fraction of sp³-hybridized carbons (Fsp3) is 0.467. The van der Waals surface area contributed by atoms with Crippen molar-refractivity contribution in [3.8, 4) is 5.75 Å². The van der Waals surface area contributed by atoms with Crippen LogP contribution in [0.3, 0.4) is 0 Å². The van der Waals surface area contributed by atoms with Crippen LogP contribution in [-0.4, -0.2) is 42.2 Å². The molecule has 2 amide bonds. The van der Waals surface area contributed by atoms with E-state index in [1.165, 1.54) is 19.2 Å². The van der Waals surface area contributed by atoms with Gasteiger partial charge >= 0.3 is 12.0 Å². The van der Waals surface area contributed by atoms with Crippen LogP contribution in [-0.2, 0) is 0 Å². The fourth-order valence-electron chi connectivity index (χ4n) is 1.99. The molecule has 0 aliphatic heterocycles. The molecule has 0 spiro atoms. The molecule has 2 N–H and O–H groups in total. The van der Waals surface area contributed by atoms with E-state index in [0.29, 0.717) is 18.8 Å². The maximum atomic E-state index is 12.2. The summed E-state index contributed by atoms with van der Waals surface area (Å²) in [6, 6.07) is 4.26. The molecular weight excluding hydrogens is 272 g/mol. The number of nitrogens with one attached hydrogen (secondary N) is 1. The lowest BCUT2D eigenvalue weighted by molar-refractivity contribution is 0.0697. The van der Waals surface area contributed by atoms with Crippen LogP contribution in [0.25, 0.3) is 0 Å². The number of anilines is 1. The molecule has 0 atom stereocenters. The highest BCUT2D eigenvalue weighted by Crippen LogP contribution is 2.22. The van der Waals surface area contributed by atoms with Crippen molar-refractivity contribution in [1.29, 1.82) is 0 Å². The van der Waals surface area contributed by atoms with Gasteiger partial charge in [-0.15, -0.1) is 0 Å². The number of nitrogens with zero attached hydrogens (tertiary/aromatic N) is 1. The second-order valence-corrected chi connectivity index (χ2v) is 4.63. The van der Waals surface area contributed by atoms with Crippen LogP contribution in [0.5, 0.6) is 5.75 Å². The third-order valence-corrected chi connectivity index (χ3v) is 2.97. The Kier molecular flexibility index (Phi) is 6.52. The highest BCUT2D eigenvalue weighted by Gasteiger charge is 2.17. The van der Waals surface area contributed by atoms with Crippen LogP contribution >= 0.6 is 0 Å². The molecule has 1 rings (SSSR count). The minimum Gasteiger partial charge on any atom is -0.497 e. The topological polar surface area (TPSA) is 78.9 Å². The van der Waals surface area contributed by atoms with E-state index in [1.807, 2.05) is 13.8 Å². The van der Waals surface area contributed by atoms with Gasteiger partial charge in [0, 0.05) is 13.1 Å². The highest BCUT2D eigenvalue weighted by molar-refractivity contribution is 6.00. The molecule has 0 saturated heterocycles. The second-order valence-electron chi connectivity index (χ2n) is 4.63. The summed E-state index contributed by atoms with van der Waals surface area (Å²) >= 11 is 0. The number of carbonyl (C=O) groups is 2. The van der Waals surface area contributed by atoms with E-state index >= 15 is 0 Å². The van der Waals surface area contributed by atoms with Crippen LogP contribution in [0, 0.1) is 0 Å². The van der Waals surface area contributed by atoms with E-state index < -0.39 is 5.97 Å². The van der Waals surface area contributed by atoms with Crippen LogP contribution in [0.2, 0.25) is 0 Å². The number of benzene rings is 1. The Morgan fingerprint density at radius 2 is 1.86 bits per heavy atom. The van der Waals surface area contributed by atoms with Crippen molar-refractivity contribution in [2.45, 2.75) is 26.7 Å². The summed E-state index contributed by atoms with van der Waals surface area (Å²) in [6.07, 6.45) is 1.70. The summed E-state index contributed by atoms with van der Waals surface area (Å²) in [5.41, 5.74) is 0.279. The van der Waals surface area contributed by atoms with E-state index in [2.05, 4.69) is 5.32 Å². The van der Waals surface area contributed by atoms with Crippen molar-refractivity contribution in [2.75, 3.05) is 25.5 Å². The number of aromatic carboxylic acids is 1. The lowest BCUT2D eigenvalue weighted by Crippen LogP contribution is -2.36. The average molecular weight is 294 g/mol. The van der Waals surface area contributed by atoms with E-state index in [1.54, 1.807) is 11.0 Å². The van der Waals surface area contributed by atoms with Crippen LogP contribution in [0.1, 0.15) is 37.0 Å². The maximum absolute atomic E-state index is 12.2. The van der Waals surface area contributed by atoms with E-state index in [4.69, 9.17) is 4.74 Å². The third kappa shape index (κ3) is 4.66. The molecule has 116 valence electrons. The van der Waals surface area contributed by atoms with Gasteiger partial charge < -0.3 is 20.1 Å². The quantitative estimate of drug-likeness (QED) is 0.810. The first-order chi connectivity index (χ1) is 10.0. The summed E-state index contributed by atoms with van der Waals surface area (Å²) in [6.45, 7) is 5.26. The SMILES string of the molecule is CCCN(CCC)C(=O)Nc1ccc(OC)cc1C(=O)O. The Hall–Kier alpha value is -2.24. The van der Waals surface area contributed by atoms with Crippen LogP contribution in [0.4, 0.5) is 10.5 Å². The predicted octanol–water partition coefficient (Wildman–Crippen LogP) is 3.05. The normalized spacial score (nSPS) is 10.0. The summed E-state index contributed by atoms with van der Waals surface area (Å²) in [7, 11) is 1.46. The molecule has 0 aliphatic rings. The molecule has 0 radical (unpaired) electrons. The van der Waals surface area contributed by atoms with Gasteiger partial charge in [0.25, 0.3) is 0 Å². The number of carboxylic acids is 1. The van der Waals surface area contributed by atoms with Crippen molar-refractivity contribution in [3.05, 3.63) is 23.8 Å². The molecule has 1 aromatic carbocycles. The molecule has 0 unspecified atom stereocenters. The molecule has 6 nitrogen and oxygen atoms in total. The van der Waals surface area contributed by atoms with Gasteiger partial charge in [-0.3, -0.25) is 0 Å². The number of hydrogen-bond acceptors (Lipinski definition) is 3. The summed E-state index contributed by atoms with van der Waals surface area (Å²) in [5, 5.41) is 11.9. The summed E-state index contributed by atoms with van der Waals surface area (Å²) in [5.74, 6) is -0.675. The molecule has 0 aliphatic carbocycles. The van der Waals surface area contributed by atoms with Gasteiger partial charge in [-0.25, -0.2) is 9.59 Å². The van der Waals surface area contributed by atoms with Crippen LogP contribution < -0.4 is 10.1 Å². The monoisotopic (exact) mass is 294 g/mol. The number of methoxy groups -OCH3 is 1. The average Bonchev–Trinajstić information content (AvgIpc) is 2.47. The molecular formula is C15H22N2O4. The Bertz CT molecular complexity index is 496. The lowest BCUT2D eigenvalue weighted by atomic mass is 10.1. The first kappa shape index (κ1) is 16.8. The minimum absolute atomic E-state index is 0.00986. The zero-order valence-electron chi connectivity index (χ0n) is 12.7. The van der Waals surface area contributed by atoms with Gasteiger partial charge in [0.2, 0.25) is 0 Å².